The third kappa shape index (κ3) is 4.94. The summed E-state index contributed by atoms with van der Waals surface area (Å²) in [4.78, 5) is 10.9. The Morgan fingerprint density at radius 3 is 2.48 bits per heavy atom. The fourth-order valence-corrected chi connectivity index (χ4v) is 2.72. The Balaban J connectivity index is 2.14. The predicted octanol–water partition coefficient (Wildman–Crippen LogP) is 2.07. The second-order valence-corrected chi connectivity index (χ2v) is 5.54. The molecule has 4 heteroatoms. The van der Waals surface area contributed by atoms with E-state index in [2.05, 4.69) is 11.4 Å². The number of nitrogens with one attached hydrogen (secondary N) is 1. The number of carbonyl (C=O) groups is 1. The van der Waals surface area contributed by atoms with Crippen molar-refractivity contribution in [2.45, 2.75) is 18.9 Å². The van der Waals surface area contributed by atoms with Crippen molar-refractivity contribution < 1.29 is 9.90 Å². The van der Waals surface area contributed by atoms with Crippen LogP contribution in [0.2, 0.25) is 0 Å². The summed E-state index contributed by atoms with van der Waals surface area (Å²) >= 11 is 0. The molecule has 2 unspecified atom stereocenters. The highest BCUT2D eigenvalue weighted by Gasteiger charge is 2.21. The number of carbonyl (C=O) groups excluding carboxylic acids is 1. The molecule has 2 aromatic carbocycles. The van der Waals surface area contributed by atoms with E-state index in [1.165, 1.54) is 0 Å². The maximum atomic E-state index is 10.9. The predicted molar refractivity (Wildman–Crippen MR) is 88.6 cm³/mol. The quantitative estimate of drug-likeness (QED) is 0.733. The maximum Gasteiger partial charge on any atom is 0.207 e. The minimum absolute atomic E-state index is 0.0326. The normalized spacial score (nSPS) is 12.9. The highest BCUT2D eigenvalue weighted by molar-refractivity contribution is 5.47. The molecule has 0 aliphatic rings. The number of benzene rings is 2. The van der Waals surface area contributed by atoms with Crippen LogP contribution in [0.15, 0.2) is 54.6 Å². The van der Waals surface area contributed by atoms with Crippen LogP contribution in [0.4, 0.5) is 0 Å². The van der Waals surface area contributed by atoms with Gasteiger partial charge >= 0.3 is 0 Å². The van der Waals surface area contributed by atoms with Crippen molar-refractivity contribution in [2.75, 3.05) is 6.61 Å². The molecule has 0 aliphatic carbocycles. The summed E-state index contributed by atoms with van der Waals surface area (Å²) in [5.74, 6) is -0.116. The lowest BCUT2D eigenvalue weighted by Crippen LogP contribution is -2.40. The Hall–Kier alpha value is -2.64. The molecular formula is C19H20N2O2. The first-order chi connectivity index (χ1) is 11.3. The van der Waals surface area contributed by atoms with E-state index >= 15 is 0 Å². The van der Waals surface area contributed by atoms with E-state index < -0.39 is 0 Å². The van der Waals surface area contributed by atoms with Crippen LogP contribution in [0, 0.1) is 17.2 Å². The van der Waals surface area contributed by atoms with Gasteiger partial charge in [0.15, 0.2) is 0 Å². The van der Waals surface area contributed by atoms with Crippen LogP contribution in [-0.2, 0) is 17.6 Å². The van der Waals surface area contributed by atoms with E-state index in [1.54, 1.807) is 6.07 Å². The first kappa shape index (κ1) is 16.7. The molecule has 2 rings (SSSR count). The summed E-state index contributed by atoms with van der Waals surface area (Å²) in [5, 5.41) is 21.6. The minimum Gasteiger partial charge on any atom is -0.396 e. The molecule has 4 nitrogen and oxygen atoms in total. The Morgan fingerprint density at radius 1 is 1.09 bits per heavy atom. The van der Waals surface area contributed by atoms with Crippen molar-refractivity contribution in [3.63, 3.8) is 0 Å². The van der Waals surface area contributed by atoms with Crippen molar-refractivity contribution in [1.82, 2.24) is 5.32 Å². The second kappa shape index (κ2) is 8.72. The first-order valence-corrected chi connectivity index (χ1v) is 7.60. The van der Waals surface area contributed by atoms with Crippen LogP contribution >= 0.6 is 0 Å². The fraction of sp³-hybridized carbons (Fsp3) is 0.263. The molecule has 0 aliphatic heterocycles. The van der Waals surface area contributed by atoms with Gasteiger partial charge in [-0.25, -0.2) is 0 Å². The molecule has 0 aromatic heterocycles. The van der Waals surface area contributed by atoms with E-state index in [9.17, 15) is 9.90 Å². The average molecular weight is 308 g/mol. The average Bonchev–Trinajstić information content (AvgIpc) is 2.60. The van der Waals surface area contributed by atoms with E-state index in [0.717, 1.165) is 11.1 Å². The molecule has 2 N–H and O–H groups in total. The number of hydrogen-bond acceptors (Lipinski definition) is 3. The first-order valence-electron chi connectivity index (χ1n) is 7.60. The van der Waals surface area contributed by atoms with Gasteiger partial charge in [-0.1, -0.05) is 42.5 Å². The van der Waals surface area contributed by atoms with Gasteiger partial charge < -0.3 is 10.4 Å². The van der Waals surface area contributed by atoms with E-state index in [4.69, 9.17) is 5.26 Å². The van der Waals surface area contributed by atoms with Gasteiger partial charge in [0.2, 0.25) is 6.41 Å². The molecule has 118 valence electrons. The Morgan fingerprint density at radius 2 is 1.83 bits per heavy atom. The zero-order valence-corrected chi connectivity index (χ0v) is 12.9. The van der Waals surface area contributed by atoms with Crippen LogP contribution in [0.3, 0.4) is 0 Å². The molecular weight excluding hydrogens is 288 g/mol. The number of rotatable bonds is 8. The zero-order valence-electron chi connectivity index (χ0n) is 12.9. The molecule has 1 amide bonds. The third-order valence-electron chi connectivity index (χ3n) is 3.94. The van der Waals surface area contributed by atoms with Crippen molar-refractivity contribution in [2.24, 2.45) is 5.92 Å². The molecule has 23 heavy (non-hydrogen) atoms. The van der Waals surface area contributed by atoms with Crippen molar-refractivity contribution in [3.05, 3.63) is 71.3 Å². The summed E-state index contributed by atoms with van der Waals surface area (Å²) in [6.07, 6.45) is 1.94. The Bertz CT molecular complexity index is 665. The van der Waals surface area contributed by atoms with E-state index in [-0.39, 0.29) is 18.6 Å². The number of nitriles is 1. The van der Waals surface area contributed by atoms with Crippen LogP contribution in [0.5, 0.6) is 0 Å². The molecule has 0 fully saturated rings. The van der Waals surface area contributed by atoms with Crippen molar-refractivity contribution in [1.29, 1.82) is 5.26 Å². The van der Waals surface area contributed by atoms with E-state index in [0.29, 0.717) is 24.8 Å². The number of aliphatic hydroxyl groups is 1. The standard InChI is InChI=1S/C19H20N2O2/c20-12-17-8-4-7-16(9-17)10-18(13-22)19(21-14-23)11-15-5-2-1-3-6-15/h1-9,14,18-19,22H,10-11,13H2,(H,21,23). The molecule has 0 saturated carbocycles. The highest BCUT2D eigenvalue weighted by atomic mass is 16.3. The topological polar surface area (TPSA) is 73.1 Å². The van der Waals surface area contributed by atoms with Gasteiger partial charge in [0.05, 0.1) is 11.6 Å². The lowest BCUT2D eigenvalue weighted by molar-refractivity contribution is -0.110. The lowest BCUT2D eigenvalue weighted by atomic mass is 9.88. The van der Waals surface area contributed by atoms with Gasteiger partial charge in [-0.2, -0.15) is 5.26 Å². The highest BCUT2D eigenvalue weighted by Crippen LogP contribution is 2.17. The van der Waals surface area contributed by atoms with Gasteiger partial charge in [0.1, 0.15) is 0 Å². The van der Waals surface area contributed by atoms with Gasteiger partial charge in [-0.05, 0) is 36.1 Å². The number of hydrogen-bond donors (Lipinski definition) is 2. The number of amides is 1. The zero-order chi connectivity index (χ0) is 16.5. The molecule has 0 spiro atoms. The maximum absolute atomic E-state index is 10.9. The van der Waals surface area contributed by atoms with Crippen LogP contribution in [0.1, 0.15) is 16.7 Å². The van der Waals surface area contributed by atoms with Crippen LogP contribution in [0.25, 0.3) is 0 Å². The largest absolute Gasteiger partial charge is 0.396 e. The molecule has 0 saturated heterocycles. The molecule has 0 bridgehead atoms. The summed E-state index contributed by atoms with van der Waals surface area (Å²) in [6, 6.07) is 19.2. The molecule has 2 atom stereocenters. The Labute approximate surface area is 136 Å². The minimum atomic E-state index is -0.161. The molecule has 0 heterocycles. The van der Waals surface area contributed by atoms with Crippen molar-refractivity contribution >= 4 is 6.41 Å². The smallest absolute Gasteiger partial charge is 0.207 e. The van der Waals surface area contributed by atoms with Crippen molar-refractivity contribution in [3.8, 4) is 6.07 Å². The van der Waals surface area contributed by atoms with E-state index in [1.807, 2.05) is 48.5 Å². The Kier molecular flexibility index (Phi) is 6.34. The molecule has 2 aromatic rings. The second-order valence-electron chi connectivity index (χ2n) is 5.54. The lowest BCUT2D eigenvalue weighted by Gasteiger charge is -2.25. The summed E-state index contributed by atoms with van der Waals surface area (Å²) in [7, 11) is 0. The number of nitrogens with zero attached hydrogens (tertiary/aromatic N) is 1. The number of aliphatic hydroxyl groups excluding tert-OH is 1. The van der Waals surface area contributed by atoms with Gasteiger partial charge in [0, 0.05) is 18.6 Å². The van der Waals surface area contributed by atoms with Gasteiger partial charge in [-0.15, -0.1) is 0 Å². The summed E-state index contributed by atoms with van der Waals surface area (Å²) < 4.78 is 0. The third-order valence-corrected chi connectivity index (χ3v) is 3.94. The van der Waals surface area contributed by atoms with Gasteiger partial charge in [0.25, 0.3) is 0 Å². The monoisotopic (exact) mass is 308 g/mol. The fourth-order valence-electron chi connectivity index (χ4n) is 2.72. The van der Waals surface area contributed by atoms with Crippen LogP contribution in [-0.4, -0.2) is 24.2 Å². The van der Waals surface area contributed by atoms with Crippen LogP contribution < -0.4 is 5.32 Å². The van der Waals surface area contributed by atoms with Gasteiger partial charge in [-0.3, -0.25) is 4.79 Å². The summed E-state index contributed by atoms with van der Waals surface area (Å²) in [6.45, 7) is -0.0326. The molecule has 0 radical (unpaired) electrons. The SMILES string of the molecule is N#Cc1cccc(CC(CO)C(Cc2ccccc2)NC=O)c1. The summed E-state index contributed by atoms with van der Waals surface area (Å²) in [5.41, 5.74) is 2.69.